The predicted octanol–water partition coefficient (Wildman–Crippen LogP) is 0.335. The first kappa shape index (κ1) is 17.1. The van der Waals surface area contributed by atoms with Crippen LogP contribution in [0, 0.1) is 0 Å². The van der Waals surface area contributed by atoms with Crippen molar-refractivity contribution in [2.24, 2.45) is 5.73 Å². The van der Waals surface area contributed by atoms with E-state index in [-0.39, 0.29) is 11.8 Å². The standard InChI is InChI=1S/C16H23N3O4/c1-11-15(20)18(2)7-8-19(11)16(21)13-5-4-12(22-3)10-14(13)23-9-6-17/h4-5,10-11H,6-9,17H2,1-3H3. The predicted molar refractivity (Wildman–Crippen MR) is 85.7 cm³/mol. The van der Waals surface area contributed by atoms with Crippen molar-refractivity contribution in [3.05, 3.63) is 23.8 Å². The largest absolute Gasteiger partial charge is 0.497 e. The summed E-state index contributed by atoms with van der Waals surface area (Å²) in [6, 6.07) is 4.52. The van der Waals surface area contributed by atoms with Gasteiger partial charge < -0.3 is 25.0 Å². The number of ether oxygens (including phenoxy) is 2. The lowest BCUT2D eigenvalue weighted by Crippen LogP contribution is -2.56. The fourth-order valence-electron chi connectivity index (χ4n) is 2.54. The number of hydrogen-bond donors (Lipinski definition) is 1. The number of nitrogens with zero attached hydrogens (tertiary/aromatic N) is 2. The Morgan fingerprint density at radius 3 is 2.78 bits per heavy atom. The molecular weight excluding hydrogens is 298 g/mol. The van der Waals surface area contributed by atoms with Crippen LogP contribution < -0.4 is 15.2 Å². The Balaban J connectivity index is 2.29. The van der Waals surface area contributed by atoms with Crippen LogP contribution in [0.4, 0.5) is 0 Å². The third kappa shape index (κ3) is 3.56. The van der Waals surface area contributed by atoms with E-state index in [1.54, 1.807) is 49.1 Å². The number of carbonyl (C=O) groups is 2. The minimum Gasteiger partial charge on any atom is -0.497 e. The molecule has 1 aromatic rings. The van der Waals surface area contributed by atoms with Gasteiger partial charge in [0.25, 0.3) is 5.91 Å². The summed E-state index contributed by atoms with van der Waals surface area (Å²) in [6.07, 6.45) is 0. The third-order valence-corrected chi connectivity index (χ3v) is 3.93. The van der Waals surface area contributed by atoms with Crippen LogP contribution >= 0.6 is 0 Å². The highest BCUT2D eigenvalue weighted by atomic mass is 16.5. The first-order valence-corrected chi connectivity index (χ1v) is 7.56. The number of methoxy groups -OCH3 is 1. The second-order valence-electron chi connectivity index (χ2n) is 5.43. The van der Waals surface area contributed by atoms with Gasteiger partial charge in [-0.25, -0.2) is 0 Å². The van der Waals surface area contributed by atoms with Gasteiger partial charge in [0.05, 0.1) is 12.7 Å². The Labute approximate surface area is 135 Å². The van der Waals surface area contributed by atoms with Gasteiger partial charge in [0.1, 0.15) is 24.1 Å². The second-order valence-corrected chi connectivity index (χ2v) is 5.43. The zero-order valence-corrected chi connectivity index (χ0v) is 13.7. The number of hydrogen-bond acceptors (Lipinski definition) is 5. The van der Waals surface area contributed by atoms with Crippen molar-refractivity contribution in [3.63, 3.8) is 0 Å². The summed E-state index contributed by atoms with van der Waals surface area (Å²) in [7, 11) is 3.29. The molecule has 126 valence electrons. The maximum Gasteiger partial charge on any atom is 0.258 e. The lowest BCUT2D eigenvalue weighted by atomic mass is 10.1. The van der Waals surface area contributed by atoms with Crippen molar-refractivity contribution in [2.45, 2.75) is 13.0 Å². The maximum absolute atomic E-state index is 12.8. The average Bonchev–Trinajstić information content (AvgIpc) is 2.57. The summed E-state index contributed by atoms with van der Waals surface area (Å²) >= 11 is 0. The highest BCUT2D eigenvalue weighted by Gasteiger charge is 2.34. The van der Waals surface area contributed by atoms with E-state index in [4.69, 9.17) is 15.2 Å². The highest BCUT2D eigenvalue weighted by Crippen LogP contribution is 2.27. The second kappa shape index (κ2) is 7.32. The molecule has 0 aromatic heterocycles. The van der Waals surface area contributed by atoms with Gasteiger partial charge in [0.2, 0.25) is 5.91 Å². The van der Waals surface area contributed by atoms with E-state index in [1.165, 1.54) is 0 Å². The van der Waals surface area contributed by atoms with E-state index in [2.05, 4.69) is 0 Å². The number of rotatable bonds is 5. The summed E-state index contributed by atoms with van der Waals surface area (Å²) in [5.41, 5.74) is 5.88. The quantitative estimate of drug-likeness (QED) is 0.845. The Kier molecular flexibility index (Phi) is 5.44. The van der Waals surface area contributed by atoms with E-state index in [0.717, 1.165) is 0 Å². The van der Waals surface area contributed by atoms with E-state index in [0.29, 0.717) is 43.3 Å². The molecule has 7 heteroatoms. The number of piperazine rings is 1. The summed E-state index contributed by atoms with van der Waals surface area (Å²) in [4.78, 5) is 28.1. The van der Waals surface area contributed by atoms with Gasteiger partial charge in [-0.15, -0.1) is 0 Å². The minimum atomic E-state index is -0.495. The molecule has 2 amide bonds. The van der Waals surface area contributed by atoms with Gasteiger partial charge in [-0.3, -0.25) is 9.59 Å². The van der Waals surface area contributed by atoms with Gasteiger partial charge >= 0.3 is 0 Å². The van der Waals surface area contributed by atoms with Crippen molar-refractivity contribution in [1.82, 2.24) is 9.80 Å². The smallest absolute Gasteiger partial charge is 0.258 e. The number of amides is 2. The normalized spacial score (nSPS) is 18.1. The molecule has 1 aliphatic heterocycles. The van der Waals surface area contributed by atoms with Gasteiger partial charge in [0, 0.05) is 32.7 Å². The maximum atomic E-state index is 12.8. The Morgan fingerprint density at radius 1 is 1.39 bits per heavy atom. The van der Waals surface area contributed by atoms with Crippen LogP contribution in [0.15, 0.2) is 18.2 Å². The Hall–Kier alpha value is -2.28. The van der Waals surface area contributed by atoms with Gasteiger partial charge in [-0.2, -0.15) is 0 Å². The molecule has 23 heavy (non-hydrogen) atoms. The summed E-state index contributed by atoms with van der Waals surface area (Å²) in [5.74, 6) is 0.714. The zero-order chi connectivity index (χ0) is 17.0. The van der Waals surface area contributed by atoms with Crippen molar-refractivity contribution in [3.8, 4) is 11.5 Å². The molecular formula is C16H23N3O4. The van der Waals surface area contributed by atoms with Crippen LogP contribution in [-0.4, -0.2) is 68.1 Å². The SMILES string of the molecule is COc1ccc(C(=O)N2CCN(C)C(=O)C2C)c(OCCN)c1. The molecule has 1 unspecified atom stereocenters. The molecule has 0 bridgehead atoms. The van der Waals surface area contributed by atoms with Crippen molar-refractivity contribution in [1.29, 1.82) is 0 Å². The topological polar surface area (TPSA) is 85.1 Å². The van der Waals surface area contributed by atoms with Crippen LogP contribution in [0.5, 0.6) is 11.5 Å². The summed E-state index contributed by atoms with van der Waals surface area (Å²) in [5, 5.41) is 0. The van der Waals surface area contributed by atoms with Crippen molar-refractivity contribution < 1.29 is 19.1 Å². The van der Waals surface area contributed by atoms with Gasteiger partial charge in [-0.05, 0) is 19.1 Å². The molecule has 0 spiro atoms. The molecule has 1 saturated heterocycles. The minimum absolute atomic E-state index is 0.0671. The molecule has 1 fully saturated rings. The van der Waals surface area contributed by atoms with Crippen molar-refractivity contribution >= 4 is 11.8 Å². The molecule has 1 heterocycles. The fourth-order valence-corrected chi connectivity index (χ4v) is 2.54. The molecule has 1 atom stereocenters. The fraction of sp³-hybridized carbons (Fsp3) is 0.500. The number of carbonyl (C=O) groups excluding carboxylic acids is 2. The molecule has 2 rings (SSSR count). The van der Waals surface area contributed by atoms with E-state index in [9.17, 15) is 9.59 Å². The monoisotopic (exact) mass is 321 g/mol. The zero-order valence-electron chi connectivity index (χ0n) is 13.7. The van der Waals surface area contributed by atoms with E-state index in [1.807, 2.05) is 0 Å². The third-order valence-electron chi connectivity index (χ3n) is 3.93. The number of nitrogens with two attached hydrogens (primary N) is 1. The number of benzene rings is 1. The van der Waals surface area contributed by atoms with Crippen LogP contribution in [0.1, 0.15) is 17.3 Å². The van der Waals surface area contributed by atoms with Crippen LogP contribution in [-0.2, 0) is 4.79 Å². The Bertz CT molecular complexity index is 591. The molecule has 0 saturated carbocycles. The lowest BCUT2D eigenvalue weighted by molar-refractivity contribution is -0.137. The Morgan fingerprint density at radius 2 is 2.13 bits per heavy atom. The number of likely N-dealkylation sites (N-methyl/N-ethyl adjacent to an activating group) is 1. The van der Waals surface area contributed by atoms with Gasteiger partial charge in [0.15, 0.2) is 0 Å². The molecule has 7 nitrogen and oxygen atoms in total. The molecule has 0 aliphatic carbocycles. The van der Waals surface area contributed by atoms with Gasteiger partial charge in [-0.1, -0.05) is 0 Å². The lowest BCUT2D eigenvalue weighted by Gasteiger charge is -2.37. The van der Waals surface area contributed by atoms with E-state index >= 15 is 0 Å². The molecule has 2 N–H and O–H groups in total. The van der Waals surface area contributed by atoms with Crippen LogP contribution in [0.3, 0.4) is 0 Å². The van der Waals surface area contributed by atoms with Crippen LogP contribution in [0.25, 0.3) is 0 Å². The highest BCUT2D eigenvalue weighted by molar-refractivity contribution is 6.00. The molecule has 1 aromatic carbocycles. The summed E-state index contributed by atoms with van der Waals surface area (Å²) < 4.78 is 10.7. The summed E-state index contributed by atoms with van der Waals surface area (Å²) in [6.45, 7) is 3.38. The van der Waals surface area contributed by atoms with Crippen molar-refractivity contribution in [2.75, 3.05) is 40.4 Å². The van der Waals surface area contributed by atoms with E-state index < -0.39 is 6.04 Å². The van der Waals surface area contributed by atoms with Crippen LogP contribution in [0.2, 0.25) is 0 Å². The molecule has 1 aliphatic rings. The average molecular weight is 321 g/mol. The first-order valence-electron chi connectivity index (χ1n) is 7.56. The first-order chi connectivity index (χ1) is 11.0. The molecule has 0 radical (unpaired) electrons.